The molecule has 0 atom stereocenters. The van der Waals surface area contributed by atoms with Crippen molar-refractivity contribution >= 4 is 44.7 Å². The smallest absolute Gasteiger partial charge is 0.248 e. The lowest BCUT2D eigenvalue weighted by Gasteiger charge is -2.02. The largest absolute Gasteiger partial charge is 0.441 e. The Balaban J connectivity index is 1.75. The molecule has 4 nitrogen and oxygen atoms in total. The van der Waals surface area contributed by atoms with Crippen LogP contribution in [0, 0.1) is 12.7 Å². The summed E-state index contributed by atoms with van der Waals surface area (Å²) < 4.78 is 19.7. The van der Waals surface area contributed by atoms with Crippen LogP contribution in [0.1, 0.15) is 11.5 Å². The van der Waals surface area contributed by atoms with E-state index in [-0.39, 0.29) is 5.91 Å². The number of nitrogens with one attached hydrogen (secondary N) is 1. The van der Waals surface area contributed by atoms with Crippen LogP contribution in [0.2, 0.25) is 0 Å². The van der Waals surface area contributed by atoms with Gasteiger partial charge in [-0.15, -0.1) is 0 Å². The fourth-order valence-corrected chi connectivity index (χ4v) is 2.49. The van der Waals surface area contributed by atoms with Crippen molar-refractivity contribution < 1.29 is 13.6 Å². The number of hydrogen-bond donors (Lipinski definition) is 1. The van der Waals surface area contributed by atoms with Crippen molar-refractivity contribution in [2.24, 2.45) is 0 Å². The van der Waals surface area contributed by atoms with Gasteiger partial charge in [-0.2, -0.15) is 0 Å². The Morgan fingerprint density at radius 2 is 2.13 bits per heavy atom. The monoisotopic (exact) mass is 374 g/mol. The van der Waals surface area contributed by atoms with Crippen molar-refractivity contribution in [2.45, 2.75) is 6.92 Å². The fraction of sp³-hybridized carbons (Fsp3) is 0.0588. The number of oxazole rings is 1. The average Bonchev–Trinajstić information content (AvgIpc) is 2.87. The quantitative estimate of drug-likeness (QED) is 0.676. The molecule has 6 heteroatoms. The molecule has 0 fully saturated rings. The molecule has 23 heavy (non-hydrogen) atoms. The highest BCUT2D eigenvalue weighted by atomic mass is 79.9. The lowest BCUT2D eigenvalue weighted by molar-refractivity contribution is -0.111. The minimum absolute atomic E-state index is 0.331. The second-order valence-electron chi connectivity index (χ2n) is 4.90. The van der Waals surface area contributed by atoms with E-state index in [9.17, 15) is 9.18 Å². The zero-order chi connectivity index (χ0) is 16.4. The van der Waals surface area contributed by atoms with E-state index in [0.29, 0.717) is 28.2 Å². The molecule has 1 amide bonds. The second-order valence-corrected chi connectivity index (χ2v) is 5.82. The Bertz CT molecular complexity index is 918. The van der Waals surface area contributed by atoms with Gasteiger partial charge in [-0.25, -0.2) is 9.37 Å². The van der Waals surface area contributed by atoms with Crippen LogP contribution in [0.5, 0.6) is 0 Å². The van der Waals surface area contributed by atoms with Crippen LogP contribution in [-0.2, 0) is 4.79 Å². The number of fused-ring (bicyclic) bond motifs is 1. The minimum atomic E-state index is -0.392. The van der Waals surface area contributed by atoms with Gasteiger partial charge in [0.1, 0.15) is 11.3 Å². The van der Waals surface area contributed by atoms with Gasteiger partial charge < -0.3 is 9.73 Å². The number of rotatable bonds is 3. The summed E-state index contributed by atoms with van der Waals surface area (Å²) >= 11 is 3.27. The highest BCUT2D eigenvalue weighted by Gasteiger charge is 2.05. The molecular weight excluding hydrogens is 363 g/mol. The van der Waals surface area contributed by atoms with Gasteiger partial charge in [0, 0.05) is 28.7 Å². The molecule has 0 spiro atoms. The Kier molecular flexibility index (Phi) is 4.25. The van der Waals surface area contributed by atoms with Crippen molar-refractivity contribution in [2.75, 3.05) is 5.32 Å². The molecule has 0 aliphatic rings. The first-order valence-electron chi connectivity index (χ1n) is 6.82. The molecule has 1 N–H and O–H groups in total. The zero-order valence-corrected chi connectivity index (χ0v) is 13.7. The summed E-state index contributed by atoms with van der Waals surface area (Å²) in [7, 11) is 0. The van der Waals surface area contributed by atoms with Crippen molar-refractivity contribution in [3.63, 3.8) is 0 Å². The van der Waals surface area contributed by atoms with Crippen molar-refractivity contribution in [3.05, 3.63) is 64.2 Å². The van der Waals surface area contributed by atoms with E-state index >= 15 is 0 Å². The van der Waals surface area contributed by atoms with Crippen molar-refractivity contribution in [3.8, 4) is 0 Å². The number of hydrogen-bond acceptors (Lipinski definition) is 3. The summed E-state index contributed by atoms with van der Waals surface area (Å²) in [6.45, 7) is 1.76. The average molecular weight is 375 g/mol. The van der Waals surface area contributed by atoms with Gasteiger partial charge in [-0.05, 0) is 42.5 Å². The van der Waals surface area contributed by atoms with E-state index in [1.165, 1.54) is 18.2 Å². The van der Waals surface area contributed by atoms with Crippen LogP contribution in [-0.4, -0.2) is 10.9 Å². The Labute approximate surface area is 140 Å². The number of anilines is 1. The van der Waals surface area contributed by atoms with E-state index in [1.54, 1.807) is 37.3 Å². The molecule has 1 aromatic heterocycles. The van der Waals surface area contributed by atoms with Crippen LogP contribution >= 0.6 is 15.9 Å². The molecule has 0 saturated heterocycles. The summed E-state index contributed by atoms with van der Waals surface area (Å²) in [5, 5.41) is 2.71. The van der Waals surface area contributed by atoms with Gasteiger partial charge in [0.15, 0.2) is 11.5 Å². The van der Waals surface area contributed by atoms with Gasteiger partial charge in [0.25, 0.3) is 0 Å². The van der Waals surface area contributed by atoms with Crippen LogP contribution in [0.3, 0.4) is 0 Å². The summed E-state index contributed by atoms with van der Waals surface area (Å²) in [6.07, 6.45) is 2.71. The Morgan fingerprint density at radius 1 is 1.30 bits per heavy atom. The standard InChI is InChI=1S/C17H12BrFN2O2/c1-10-20-15-9-13(4-6-16(15)23-10)21-17(22)7-2-11-8-12(18)3-5-14(11)19/h2-9H,1H3,(H,21,22)/b7-2+. The van der Waals surface area contributed by atoms with E-state index < -0.39 is 5.82 Å². The number of carbonyl (C=O) groups excluding carboxylic acids is 1. The normalized spacial score (nSPS) is 11.3. The summed E-state index contributed by atoms with van der Waals surface area (Å²) in [5.74, 6) is -0.186. The van der Waals surface area contributed by atoms with E-state index in [1.807, 2.05) is 0 Å². The van der Waals surface area contributed by atoms with Crippen LogP contribution < -0.4 is 5.32 Å². The second kappa shape index (κ2) is 6.34. The predicted molar refractivity (Wildman–Crippen MR) is 90.5 cm³/mol. The third kappa shape index (κ3) is 3.65. The molecule has 0 saturated carbocycles. The molecule has 2 aromatic carbocycles. The Hall–Kier alpha value is -2.47. The molecule has 3 rings (SSSR count). The Morgan fingerprint density at radius 3 is 2.96 bits per heavy atom. The lowest BCUT2D eigenvalue weighted by Crippen LogP contribution is -2.07. The number of amides is 1. The SMILES string of the molecule is Cc1nc2cc(NC(=O)/C=C/c3cc(Br)ccc3F)ccc2o1. The van der Waals surface area contributed by atoms with E-state index in [0.717, 1.165) is 4.47 Å². The molecule has 0 bridgehead atoms. The number of halogens is 2. The third-order valence-electron chi connectivity index (χ3n) is 3.13. The molecule has 0 aliphatic heterocycles. The predicted octanol–water partition coefficient (Wildman–Crippen LogP) is 4.69. The topological polar surface area (TPSA) is 55.1 Å². The maximum atomic E-state index is 13.6. The van der Waals surface area contributed by atoms with Crippen LogP contribution in [0.4, 0.5) is 10.1 Å². The molecule has 116 valence electrons. The first-order chi connectivity index (χ1) is 11.0. The summed E-state index contributed by atoms with van der Waals surface area (Å²) in [5.41, 5.74) is 2.25. The molecule has 0 radical (unpaired) electrons. The third-order valence-corrected chi connectivity index (χ3v) is 3.63. The van der Waals surface area contributed by atoms with E-state index in [4.69, 9.17) is 4.42 Å². The van der Waals surface area contributed by atoms with Gasteiger partial charge in [-0.1, -0.05) is 15.9 Å². The van der Waals surface area contributed by atoms with Crippen LogP contribution in [0.15, 0.2) is 51.4 Å². The van der Waals surface area contributed by atoms with Gasteiger partial charge in [0.2, 0.25) is 5.91 Å². The van der Waals surface area contributed by atoms with Gasteiger partial charge in [-0.3, -0.25) is 4.79 Å². The van der Waals surface area contributed by atoms with Gasteiger partial charge in [0.05, 0.1) is 0 Å². The minimum Gasteiger partial charge on any atom is -0.441 e. The fourth-order valence-electron chi connectivity index (χ4n) is 2.11. The zero-order valence-electron chi connectivity index (χ0n) is 12.1. The first-order valence-corrected chi connectivity index (χ1v) is 7.62. The maximum absolute atomic E-state index is 13.6. The van der Waals surface area contributed by atoms with Crippen molar-refractivity contribution in [1.29, 1.82) is 0 Å². The summed E-state index contributed by atoms with van der Waals surface area (Å²) in [4.78, 5) is 16.2. The molecule has 3 aromatic rings. The highest BCUT2D eigenvalue weighted by molar-refractivity contribution is 9.10. The number of nitrogens with zero attached hydrogens (tertiary/aromatic N) is 1. The number of carbonyl (C=O) groups is 1. The maximum Gasteiger partial charge on any atom is 0.248 e. The number of benzene rings is 2. The van der Waals surface area contributed by atoms with E-state index in [2.05, 4.69) is 26.2 Å². The number of aromatic nitrogens is 1. The molecular formula is C17H12BrFN2O2. The lowest BCUT2D eigenvalue weighted by atomic mass is 10.2. The first kappa shape index (κ1) is 15.4. The van der Waals surface area contributed by atoms with Crippen molar-refractivity contribution in [1.82, 2.24) is 4.98 Å². The molecule has 1 heterocycles. The highest BCUT2D eigenvalue weighted by Crippen LogP contribution is 2.20. The number of aryl methyl sites for hydroxylation is 1. The van der Waals surface area contributed by atoms with Crippen LogP contribution in [0.25, 0.3) is 17.2 Å². The van der Waals surface area contributed by atoms with Gasteiger partial charge >= 0.3 is 0 Å². The molecule has 0 aliphatic carbocycles. The molecule has 0 unspecified atom stereocenters. The summed E-state index contributed by atoms with van der Waals surface area (Å²) in [6, 6.07) is 9.71.